The molecule has 56 valence electrons. The zero-order chi connectivity index (χ0) is 7.78. The van der Waals surface area contributed by atoms with Gasteiger partial charge in [0.05, 0.1) is 5.92 Å². The minimum Gasteiger partial charge on any atom is -0.459 e. The van der Waals surface area contributed by atoms with Gasteiger partial charge in [-0.2, -0.15) is 0 Å². The summed E-state index contributed by atoms with van der Waals surface area (Å²) in [5.74, 6) is -0.227. The van der Waals surface area contributed by atoms with Gasteiger partial charge in [-0.25, -0.2) is 0 Å². The Morgan fingerprint density at radius 1 is 1.80 bits per heavy atom. The fourth-order valence-corrected chi connectivity index (χ4v) is 1.18. The maximum atomic E-state index is 10.9. The fourth-order valence-electron chi connectivity index (χ4n) is 1.18. The Bertz CT molecular complexity index is 170. The van der Waals surface area contributed by atoms with E-state index in [1.165, 1.54) is 0 Å². The third-order valence-electron chi connectivity index (χ3n) is 1.68. The van der Waals surface area contributed by atoms with Crippen LogP contribution in [0.15, 0.2) is 12.7 Å². The van der Waals surface area contributed by atoms with Crippen molar-refractivity contribution in [2.75, 3.05) is 0 Å². The van der Waals surface area contributed by atoms with E-state index in [1.807, 2.05) is 13.8 Å². The van der Waals surface area contributed by atoms with Crippen LogP contribution >= 0.6 is 0 Å². The average molecular weight is 140 g/mol. The van der Waals surface area contributed by atoms with Crippen LogP contribution in [0.3, 0.4) is 0 Å². The zero-order valence-corrected chi connectivity index (χ0v) is 6.39. The van der Waals surface area contributed by atoms with E-state index in [1.54, 1.807) is 6.08 Å². The van der Waals surface area contributed by atoms with Crippen molar-refractivity contribution in [1.29, 1.82) is 0 Å². The maximum Gasteiger partial charge on any atom is 0.313 e. The van der Waals surface area contributed by atoms with Crippen molar-refractivity contribution in [3.63, 3.8) is 0 Å². The van der Waals surface area contributed by atoms with Crippen molar-refractivity contribution in [2.45, 2.75) is 25.9 Å². The molecule has 0 aromatic rings. The van der Waals surface area contributed by atoms with Gasteiger partial charge >= 0.3 is 5.97 Å². The van der Waals surface area contributed by atoms with Gasteiger partial charge in [-0.1, -0.05) is 6.08 Å². The second-order valence-electron chi connectivity index (χ2n) is 3.23. The van der Waals surface area contributed by atoms with Gasteiger partial charge in [0.1, 0.15) is 5.60 Å². The lowest BCUT2D eigenvalue weighted by atomic mass is 9.98. The van der Waals surface area contributed by atoms with Gasteiger partial charge in [0.15, 0.2) is 0 Å². The average Bonchev–Trinajstić information content (AvgIpc) is 2.05. The highest BCUT2D eigenvalue weighted by molar-refractivity contribution is 5.77. The highest BCUT2D eigenvalue weighted by Crippen LogP contribution is 2.30. The smallest absolute Gasteiger partial charge is 0.313 e. The summed E-state index contributed by atoms with van der Waals surface area (Å²) in [4.78, 5) is 10.9. The predicted octanol–water partition coefficient (Wildman–Crippen LogP) is 1.51. The highest BCUT2D eigenvalue weighted by atomic mass is 16.6. The van der Waals surface area contributed by atoms with Gasteiger partial charge in [0.25, 0.3) is 0 Å². The van der Waals surface area contributed by atoms with E-state index in [0.717, 1.165) is 6.42 Å². The molecule has 0 bridgehead atoms. The van der Waals surface area contributed by atoms with Crippen LogP contribution < -0.4 is 0 Å². The Balaban J connectivity index is 2.70. The van der Waals surface area contributed by atoms with Crippen LogP contribution in [0.2, 0.25) is 0 Å². The molecule has 10 heavy (non-hydrogen) atoms. The molecule has 1 aliphatic rings. The van der Waals surface area contributed by atoms with Crippen molar-refractivity contribution in [1.82, 2.24) is 0 Å². The number of hydrogen-bond acceptors (Lipinski definition) is 2. The molecule has 0 N–H and O–H groups in total. The van der Waals surface area contributed by atoms with Crippen LogP contribution in [0.1, 0.15) is 20.3 Å². The molecule has 2 nitrogen and oxygen atoms in total. The van der Waals surface area contributed by atoms with Crippen LogP contribution in [0.25, 0.3) is 0 Å². The summed E-state index contributed by atoms with van der Waals surface area (Å²) >= 11 is 0. The van der Waals surface area contributed by atoms with Gasteiger partial charge in [0.2, 0.25) is 0 Å². The summed E-state index contributed by atoms with van der Waals surface area (Å²) in [5, 5.41) is 0. The van der Waals surface area contributed by atoms with Crippen molar-refractivity contribution in [2.24, 2.45) is 5.92 Å². The number of ether oxygens (including phenoxy) is 1. The van der Waals surface area contributed by atoms with E-state index >= 15 is 0 Å². The van der Waals surface area contributed by atoms with Crippen LogP contribution in [0.5, 0.6) is 0 Å². The summed E-state index contributed by atoms with van der Waals surface area (Å²) in [5.41, 5.74) is -0.282. The predicted molar refractivity (Wildman–Crippen MR) is 38.5 cm³/mol. The van der Waals surface area contributed by atoms with Gasteiger partial charge in [-0.3, -0.25) is 4.79 Å². The number of rotatable bonds is 1. The number of cyclic esters (lactones) is 1. The monoisotopic (exact) mass is 140 g/mol. The first-order valence-electron chi connectivity index (χ1n) is 3.40. The first-order valence-corrected chi connectivity index (χ1v) is 3.40. The van der Waals surface area contributed by atoms with Crippen LogP contribution in [0, 0.1) is 5.92 Å². The van der Waals surface area contributed by atoms with Gasteiger partial charge in [0, 0.05) is 6.42 Å². The molecule has 1 heterocycles. The van der Waals surface area contributed by atoms with Crippen molar-refractivity contribution in [3.8, 4) is 0 Å². The molecule has 1 unspecified atom stereocenters. The second kappa shape index (κ2) is 2.11. The van der Waals surface area contributed by atoms with E-state index in [4.69, 9.17) is 4.74 Å². The summed E-state index contributed by atoms with van der Waals surface area (Å²) in [6.07, 6.45) is 2.41. The number of hydrogen-bond donors (Lipinski definition) is 0. The minimum absolute atomic E-state index is 0.0880. The van der Waals surface area contributed by atoms with Gasteiger partial charge < -0.3 is 4.74 Å². The molecular formula is C8H12O2. The summed E-state index contributed by atoms with van der Waals surface area (Å²) < 4.78 is 5.04. The van der Waals surface area contributed by atoms with E-state index in [0.29, 0.717) is 0 Å². The van der Waals surface area contributed by atoms with Crippen molar-refractivity contribution in [3.05, 3.63) is 12.7 Å². The highest BCUT2D eigenvalue weighted by Gasteiger charge is 2.37. The molecule has 0 saturated carbocycles. The van der Waals surface area contributed by atoms with Crippen LogP contribution in [0.4, 0.5) is 0 Å². The lowest BCUT2D eigenvalue weighted by molar-refractivity contribution is -0.147. The molecule has 1 saturated heterocycles. The van der Waals surface area contributed by atoms with E-state index in [-0.39, 0.29) is 17.5 Å². The Kier molecular flexibility index (Phi) is 1.55. The van der Waals surface area contributed by atoms with E-state index in [9.17, 15) is 4.79 Å². The molecule has 1 aliphatic heterocycles. The summed E-state index contributed by atoms with van der Waals surface area (Å²) in [7, 11) is 0. The molecule has 0 aliphatic carbocycles. The first-order chi connectivity index (χ1) is 4.55. The van der Waals surface area contributed by atoms with E-state index in [2.05, 4.69) is 6.58 Å². The number of carbonyl (C=O) groups is 1. The van der Waals surface area contributed by atoms with Crippen LogP contribution in [-0.4, -0.2) is 11.6 Å². The Hall–Kier alpha value is -0.790. The largest absolute Gasteiger partial charge is 0.459 e. The topological polar surface area (TPSA) is 26.3 Å². The Morgan fingerprint density at radius 2 is 2.40 bits per heavy atom. The van der Waals surface area contributed by atoms with Crippen molar-refractivity contribution >= 4 is 5.97 Å². The molecule has 0 aromatic carbocycles. The zero-order valence-electron chi connectivity index (χ0n) is 6.39. The minimum atomic E-state index is -0.282. The van der Waals surface area contributed by atoms with Crippen LogP contribution in [-0.2, 0) is 9.53 Å². The lowest BCUT2D eigenvalue weighted by Gasteiger charge is -2.14. The standard InChI is InChI=1S/C8H12O2/c1-4-6-5-8(2,3)10-7(6)9/h4,6H,1,5H2,2-3H3. The van der Waals surface area contributed by atoms with Gasteiger partial charge in [-0.15, -0.1) is 6.58 Å². The summed E-state index contributed by atoms with van der Waals surface area (Å²) in [6, 6.07) is 0. The molecule has 0 radical (unpaired) electrons. The quantitative estimate of drug-likeness (QED) is 0.407. The molecule has 0 spiro atoms. The molecule has 0 aromatic heterocycles. The normalized spacial score (nSPS) is 29.8. The number of esters is 1. The Labute approximate surface area is 60.9 Å². The number of carbonyl (C=O) groups excluding carboxylic acids is 1. The van der Waals surface area contributed by atoms with E-state index < -0.39 is 0 Å². The second-order valence-corrected chi connectivity index (χ2v) is 3.23. The Morgan fingerprint density at radius 3 is 2.60 bits per heavy atom. The molecular weight excluding hydrogens is 128 g/mol. The maximum absolute atomic E-state index is 10.9. The van der Waals surface area contributed by atoms with Crippen molar-refractivity contribution < 1.29 is 9.53 Å². The third-order valence-corrected chi connectivity index (χ3v) is 1.68. The third kappa shape index (κ3) is 1.20. The fraction of sp³-hybridized carbons (Fsp3) is 0.625. The molecule has 2 heteroatoms. The summed E-state index contributed by atoms with van der Waals surface area (Å²) in [6.45, 7) is 7.38. The molecule has 1 fully saturated rings. The molecule has 0 amide bonds. The van der Waals surface area contributed by atoms with Gasteiger partial charge in [-0.05, 0) is 13.8 Å². The first kappa shape index (κ1) is 7.32. The SMILES string of the molecule is C=CC1CC(C)(C)OC1=O. The molecule has 1 atom stereocenters. The lowest BCUT2D eigenvalue weighted by Crippen LogP contribution is -2.17. The molecule has 1 rings (SSSR count).